The predicted octanol–water partition coefficient (Wildman–Crippen LogP) is 3.00. The van der Waals surface area contributed by atoms with Gasteiger partial charge >= 0.3 is 12.4 Å². The molecule has 1 heterocycles. The van der Waals surface area contributed by atoms with Gasteiger partial charge in [-0.15, -0.1) is 0 Å². The highest BCUT2D eigenvalue weighted by atomic mass is 19.4. The third kappa shape index (κ3) is 6.03. The van der Waals surface area contributed by atoms with Crippen LogP contribution < -0.4 is 10.1 Å². The molecule has 1 aromatic carbocycles. The minimum absolute atomic E-state index is 0.286. The van der Waals surface area contributed by atoms with E-state index in [9.17, 15) is 35.9 Å². The van der Waals surface area contributed by atoms with Crippen LogP contribution in [0.1, 0.15) is 18.9 Å². The molecule has 1 saturated heterocycles. The number of rotatable bonds is 6. The van der Waals surface area contributed by atoms with E-state index in [1.165, 1.54) is 19.1 Å². The zero-order chi connectivity index (χ0) is 21.1. The number of carbonyl (C=O) groups is 2. The third-order valence-corrected chi connectivity index (χ3v) is 4.03. The Hall–Kier alpha value is -2.46. The number of nitrogens with zero attached hydrogens (tertiary/aromatic N) is 1. The second kappa shape index (κ2) is 8.27. The van der Waals surface area contributed by atoms with Gasteiger partial charge in [0, 0.05) is 13.0 Å². The minimum atomic E-state index is -4.60. The summed E-state index contributed by atoms with van der Waals surface area (Å²) >= 11 is 0. The van der Waals surface area contributed by atoms with Gasteiger partial charge in [-0.2, -0.15) is 26.3 Å². The van der Waals surface area contributed by atoms with Crippen LogP contribution in [0.3, 0.4) is 0 Å². The van der Waals surface area contributed by atoms with E-state index in [0.29, 0.717) is 4.90 Å². The van der Waals surface area contributed by atoms with E-state index in [2.05, 4.69) is 5.32 Å². The molecule has 0 aliphatic carbocycles. The Balaban J connectivity index is 1.88. The summed E-state index contributed by atoms with van der Waals surface area (Å²) < 4.78 is 81.1. The van der Waals surface area contributed by atoms with Crippen LogP contribution in [0.4, 0.5) is 26.3 Å². The second-order valence-electron chi connectivity index (χ2n) is 6.51. The van der Waals surface area contributed by atoms with Crippen molar-refractivity contribution in [2.45, 2.75) is 31.7 Å². The van der Waals surface area contributed by atoms with Crippen LogP contribution in [0.25, 0.3) is 0 Å². The molecular weight excluding hydrogens is 394 g/mol. The number of hydrogen-bond acceptors (Lipinski definition) is 3. The van der Waals surface area contributed by atoms with Crippen LogP contribution >= 0.6 is 0 Å². The molecule has 2 rings (SSSR count). The van der Waals surface area contributed by atoms with Crippen molar-refractivity contribution in [3.05, 3.63) is 29.8 Å². The molecule has 1 N–H and O–H groups in total. The molecule has 2 amide bonds. The zero-order valence-corrected chi connectivity index (χ0v) is 14.7. The van der Waals surface area contributed by atoms with Crippen molar-refractivity contribution in [3.63, 3.8) is 0 Å². The smallest absolute Gasteiger partial charge is 0.419 e. The van der Waals surface area contributed by atoms with Gasteiger partial charge in [0.1, 0.15) is 18.9 Å². The van der Waals surface area contributed by atoms with Crippen LogP contribution in [0.15, 0.2) is 24.3 Å². The number of nitrogens with one attached hydrogen (secondary N) is 1. The van der Waals surface area contributed by atoms with E-state index < -0.39 is 54.0 Å². The molecule has 0 saturated carbocycles. The molecule has 28 heavy (non-hydrogen) atoms. The van der Waals surface area contributed by atoms with Gasteiger partial charge < -0.3 is 15.0 Å². The number of benzene rings is 1. The van der Waals surface area contributed by atoms with Crippen molar-refractivity contribution in [3.8, 4) is 5.75 Å². The van der Waals surface area contributed by atoms with Crippen molar-refractivity contribution in [1.82, 2.24) is 10.2 Å². The first-order valence-electron chi connectivity index (χ1n) is 8.30. The summed E-state index contributed by atoms with van der Waals surface area (Å²) in [5.41, 5.74) is -0.960. The SMILES string of the molecule is CC(COc1ccccc1C(F)(F)F)NC(=O)C1CC(=O)N(CC(F)(F)F)C1. The molecule has 1 aromatic rings. The summed E-state index contributed by atoms with van der Waals surface area (Å²) in [5, 5.41) is 2.45. The number of carbonyl (C=O) groups excluding carboxylic acids is 2. The molecule has 2 unspecified atom stereocenters. The number of hydrogen-bond donors (Lipinski definition) is 1. The second-order valence-corrected chi connectivity index (χ2v) is 6.51. The molecule has 0 radical (unpaired) electrons. The topological polar surface area (TPSA) is 58.6 Å². The fourth-order valence-corrected chi connectivity index (χ4v) is 2.76. The summed E-state index contributed by atoms with van der Waals surface area (Å²) in [6.45, 7) is -0.610. The van der Waals surface area contributed by atoms with Crippen LogP contribution in [0, 0.1) is 5.92 Å². The Morgan fingerprint density at radius 2 is 1.89 bits per heavy atom. The van der Waals surface area contributed by atoms with Gasteiger partial charge in [-0.25, -0.2) is 0 Å². The third-order valence-electron chi connectivity index (χ3n) is 4.03. The summed E-state index contributed by atoms with van der Waals surface area (Å²) in [5.74, 6) is -2.79. The van der Waals surface area contributed by atoms with Crippen molar-refractivity contribution in [2.75, 3.05) is 19.7 Å². The summed E-state index contributed by atoms with van der Waals surface area (Å²) in [4.78, 5) is 24.3. The van der Waals surface area contributed by atoms with Gasteiger partial charge in [0.2, 0.25) is 11.8 Å². The zero-order valence-electron chi connectivity index (χ0n) is 14.7. The van der Waals surface area contributed by atoms with E-state index in [-0.39, 0.29) is 19.6 Å². The molecule has 11 heteroatoms. The van der Waals surface area contributed by atoms with E-state index in [1.54, 1.807) is 0 Å². The van der Waals surface area contributed by atoms with Crippen LogP contribution in [0.2, 0.25) is 0 Å². The van der Waals surface area contributed by atoms with Gasteiger partial charge in [0.25, 0.3) is 0 Å². The summed E-state index contributed by atoms with van der Waals surface area (Å²) in [6, 6.07) is 3.86. The van der Waals surface area contributed by atoms with Crippen LogP contribution in [0.5, 0.6) is 5.75 Å². The van der Waals surface area contributed by atoms with Gasteiger partial charge in [0.05, 0.1) is 17.5 Å². The van der Waals surface area contributed by atoms with Gasteiger partial charge in [0.15, 0.2) is 0 Å². The highest BCUT2D eigenvalue weighted by molar-refractivity contribution is 5.89. The normalized spacial score (nSPS) is 18.9. The molecule has 2 atom stereocenters. The number of likely N-dealkylation sites (tertiary alicyclic amines) is 1. The first-order chi connectivity index (χ1) is 12.9. The number of amides is 2. The molecule has 5 nitrogen and oxygen atoms in total. The minimum Gasteiger partial charge on any atom is -0.491 e. The van der Waals surface area contributed by atoms with Crippen molar-refractivity contribution in [1.29, 1.82) is 0 Å². The average Bonchev–Trinajstić information content (AvgIpc) is 2.91. The van der Waals surface area contributed by atoms with Gasteiger partial charge in [-0.1, -0.05) is 12.1 Å². The predicted molar refractivity (Wildman–Crippen MR) is 85.3 cm³/mol. The Morgan fingerprint density at radius 1 is 1.25 bits per heavy atom. The van der Waals surface area contributed by atoms with Crippen molar-refractivity contribution in [2.24, 2.45) is 5.92 Å². The number of para-hydroxylation sites is 1. The Morgan fingerprint density at radius 3 is 2.50 bits per heavy atom. The Labute approximate surface area is 156 Å². The monoisotopic (exact) mass is 412 g/mol. The molecule has 156 valence electrons. The van der Waals surface area contributed by atoms with Crippen LogP contribution in [-0.4, -0.2) is 48.6 Å². The van der Waals surface area contributed by atoms with Crippen LogP contribution in [-0.2, 0) is 15.8 Å². The average molecular weight is 412 g/mol. The van der Waals surface area contributed by atoms with Gasteiger partial charge in [-0.05, 0) is 19.1 Å². The highest BCUT2D eigenvalue weighted by Crippen LogP contribution is 2.35. The standard InChI is InChI=1S/C17H18F6N2O3/c1-10(8-28-13-5-3-2-4-12(13)17(21,22)23)24-15(27)11-6-14(26)25(7-11)9-16(18,19)20/h2-5,10-11H,6-9H2,1H3,(H,24,27). The maximum atomic E-state index is 12.9. The van der Waals surface area contributed by atoms with E-state index in [4.69, 9.17) is 4.74 Å². The molecule has 0 spiro atoms. The molecule has 0 aromatic heterocycles. The Kier molecular flexibility index (Phi) is 6.45. The molecule has 0 bridgehead atoms. The van der Waals surface area contributed by atoms with Crippen molar-refractivity contribution < 1.29 is 40.7 Å². The molecule has 1 aliphatic heterocycles. The fraction of sp³-hybridized carbons (Fsp3) is 0.529. The fourth-order valence-electron chi connectivity index (χ4n) is 2.76. The molecule has 1 fully saturated rings. The van der Waals surface area contributed by atoms with Gasteiger partial charge in [-0.3, -0.25) is 9.59 Å². The van der Waals surface area contributed by atoms with E-state index in [0.717, 1.165) is 12.1 Å². The maximum Gasteiger partial charge on any atom is 0.419 e. The lowest BCUT2D eigenvalue weighted by Gasteiger charge is -2.20. The first kappa shape index (κ1) is 21.8. The molecular formula is C17H18F6N2O3. The molecule has 1 aliphatic rings. The summed E-state index contributed by atoms with van der Waals surface area (Å²) in [6.07, 6.45) is -9.52. The Bertz CT molecular complexity index is 720. The number of alkyl halides is 6. The van der Waals surface area contributed by atoms with E-state index >= 15 is 0 Å². The van der Waals surface area contributed by atoms with Crippen molar-refractivity contribution >= 4 is 11.8 Å². The first-order valence-corrected chi connectivity index (χ1v) is 8.30. The quantitative estimate of drug-likeness (QED) is 0.731. The lowest BCUT2D eigenvalue weighted by Crippen LogP contribution is -2.42. The van der Waals surface area contributed by atoms with E-state index in [1.807, 2.05) is 0 Å². The lowest BCUT2D eigenvalue weighted by molar-refractivity contribution is -0.157. The summed E-state index contributed by atoms with van der Waals surface area (Å²) in [7, 11) is 0. The lowest BCUT2D eigenvalue weighted by atomic mass is 10.1. The number of ether oxygens (including phenoxy) is 1. The highest BCUT2D eigenvalue weighted by Gasteiger charge is 2.40. The largest absolute Gasteiger partial charge is 0.491 e. The maximum absolute atomic E-state index is 12.9. The number of halogens is 6.